The molecule has 0 aliphatic carbocycles. The molecule has 0 bridgehead atoms. The summed E-state index contributed by atoms with van der Waals surface area (Å²) < 4.78 is 6.29. The van der Waals surface area contributed by atoms with Crippen LogP contribution in [0.15, 0.2) is 253 Å². The lowest BCUT2D eigenvalue weighted by molar-refractivity contribution is 0.669. The monoisotopic (exact) mass is 791 g/mol. The third-order valence-corrected chi connectivity index (χ3v) is 12.0. The van der Waals surface area contributed by atoms with Gasteiger partial charge in [0.2, 0.25) is 0 Å². The number of hydrogen-bond acceptors (Lipinski definition) is 2. The zero-order chi connectivity index (χ0) is 41.2. The number of nitrogens with zero attached hydrogens (tertiary/aromatic N) is 1. The summed E-state index contributed by atoms with van der Waals surface area (Å²) in [6, 6.07) is 89.0. The second kappa shape index (κ2) is 16.1. The second-order valence-corrected chi connectivity index (χ2v) is 15.6. The van der Waals surface area contributed by atoms with Crippen molar-refractivity contribution in [3.05, 3.63) is 249 Å². The van der Waals surface area contributed by atoms with Crippen LogP contribution in [0.3, 0.4) is 0 Å². The van der Waals surface area contributed by atoms with Gasteiger partial charge in [0.25, 0.3) is 0 Å². The first kappa shape index (κ1) is 36.8. The summed E-state index contributed by atoms with van der Waals surface area (Å²) in [7, 11) is 0. The average molecular weight is 792 g/mol. The first-order chi connectivity index (χ1) is 30.8. The SMILES string of the molecule is c1ccc(-c2ccccc2-c2ccc(N(c3ccc(-c4cccc5oc6ccccc6c45)cc3)c3ccccc3-c3ccccc3-c3ccccc3-c3ccccc3)cc2)cc1. The average Bonchev–Trinajstić information content (AvgIpc) is 3.75. The van der Waals surface area contributed by atoms with Gasteiger partial charge in [0.15, 0.2) is 0 Å². The Morgan fingerprint density at radius 3 is 1.19 bits per heavy atom. The molecule has 62 heavy (non-hydrogen) atoms. The van der Waals surface area contributed by atoms with Gasteiger partial charge < -0.3 is 9.32 Å². The zero-order valence-electron chi connectivity index (χ0n) is 34.0. The van der Waals surface area contributed by atoms with Gasteiger partial charge in [0, 0.05) is 27.7 Å². The summed E-state index contributed by atoms with van der Waals surface area (Å²) in [5.74, 6) is 0. The minimum Gasteiger partial charge on any atom is -0.456 e. The summed E-state index contributed by atoms with van der Waals surface area (Å²) in [5, 5.41) is 2.26. The van der Waals surface area contributed by atoms with Crippen molar-refractivity contribution in [3.8, 4) is 66.8 Å². The number of anilines is 3. The van der Waals surface area contributed by atoms with Crippen LogP contribution in [-0.4, -0.2) is 0 Å². The van der Waals surface area contributed by atoms with Crippen LogP contribution >= 0.6 is 0 Å². The van der Waals surface area contributed by atoms with Crippen LogP contribution in [0.4, 0.5) is 17.1 Å². The normalized spacial score (nSPS) is 11.2. The van der Waals surface area contributed by atoms with E-state index in [4.69, 9.17) is 4.42 Å². The van der Waals surface area contributed by atoms with Crippen molar-refractivity contribution in [1.82, 2.24) is 0 Å². The molecule has 0 spiro atoms. The standard InChI is InChI=1S/C60H41NO/c1-3-18-42(19-4-1)48-22-7-8-23-49(48)44-34-38-46(39-35-44)61(47-40-36-45(37-41-47)51-30-17-33-59-60(51)56-29-14-16-32-58(56)62-59)57-31-15-13-28-55(57)54-27-12-11-26-53(54)52-25-10-9-24-50(52)43-20-5-2-6-21-43/h1-41H. The number of rotatable bonds is 9. The van der Waals surface area contributed by atoms with Gasteiger partial charge in [-0.25, -0.2) is 0 Å². The maximum absolute atomic E-state index is 6.29. The first-order valence-electron chi connectivity index (χ1n) is 21.2. The molecule has 11 rings (SSSR count). The molecular formula is C60H41NO. The highest BCUT2D eigenvalue weighted by molar-refractivity contribution is 6.12. The van der Waals surface area contributed by atoms with Gasteiger partial charge >= 0.3 is 0 Å². The third kappa shape index (κ3) is 6.74. The maximum Gasteiger partial charge on any atom is 0.136 e. The van der Waals surface area contributed by atoms with Gasteiger partial charge in [-0.2, -0.15) is 0 Å². The predicted molar refractivity (Wildman–Crippen MR) is 261 cm³/mol. The van der Waals surface area contributed by atoms with Crippen LogP contribution in [0.2, 0.25) is 0 Å². The topological polar surface area (TPSA) is 16.4 Å². The Labute approximate surface area is 362 Å². The highest BCUT2D eigenvalue weighted by Crippen LogP contribution is 2.46. The van der Waals surface area contributed by atoms with Gasteiger partial charge in [-0.05, 0) is 104 Å². The highest BCUT2D eigenvalue weighted by Gasteiger charge is 2.21. The van der Waals surface area contributed by atoms with Crippen LogP contribution in [0.25, 0.3) is 88.7 Å². The van der Waals surface area contributed by atoms with E-state index in [0.29, 0.717) is 0 Å². The van der Waals surface area contributed by atoms with E-state index in [-0.39, 0.29) is 0 Å². The van der Waals surface area contributed by atoms with Crippen molar-refractivity contribution < 1.29 is 4.42 Å². The Kier molecular flexibility index (Phi) is 9.57. The zero-order valence-corrected chi connectivity index (χ0v) is 34.0. The van der Waals surface area contributed by atoms with E-state index in [1.807, 2.05) is 12.1 Å². The smallest absolute Gasteiger partial charge is 0.136 e. The fraction of sp³-hybridized carbons (Fsp3) is 0. The van der Waals surface area contributed by atoms with Crippen molar-refractivity contribution in [3.63, 3.8) is 0 Å². The van der Waals surface area contributed by atoms with Crippen LogP contribution < -0.4 is 4.90 Å². The molecule has 0 radical (unpaired) electrons. The van der Waals surface area contributed by atoms with Crippen molar-refractivity contribution in [2.45, 2.75) is 0 Å². The summed E-state index contributed by atoms with van der Waals surface area (Å²) >= 11 is 0. The summed E-state index contributed by atoms with van der Waals surface area (Å²) in [6.07, 6.45) is 0. The van der Waals surface area contributed by atoms with Gasteiger partial charge in [0.1, 0.15) is 11.2 Å². The number of hydrogen-bond donors (Lipinski definition) is 0. The van der Waals surface area contributed by atoms with Crippen LogP contribution in [0, 0.1) is 0 Å². The van der Waals surface area contributed by atoms with Crippen LogP contribution in [-0.2, 0) is 0 Å². The maximum atomic E-state index is 6.29. The summed E-state index contributed by atoms with van der Waals surface area (Å²) in [5.41, 5.74) is 19.2. The summed E-state index contributed by atoms with van der Waals surface area (Å²) in [4.78, 5) is 2.40. The first-order valence-corrected chi connectivity index (χ1v) is 21.2. The van der Waals surface area contributed by atoms with Gasteiger partial charge in [0.05, 0.1) is 5.69 Å². The second-order valence-electron chi connectivity index (χ2n) is 15.6. The molecule has 0 atom stereocenters. The lowest BCUT2D eigenvalue weighted by atomic mass is 9.88. The van der Waals surface area contributed by atoms with E-state index in [1.54, 1.807) is 0 Å². The van der Waals surface area contributed by atoms with Crippen LogP contribution in [0.5, 0.6) is 0 Å². The number of furan rings is 1. The Balaban J connectivity index is 1.07. The molecule has 0 amide bonds. The largest absolute Gasteiger partial charge is 0.456 e. The molecule has 0 saturated heterocycles. The lowest BCUT2D eigenvalue weighted by Crippen LogP contribution is -2.11. The van der Waals surface area contributed by atoms with Crippen molar-refractivity contribution in [1.29, 1.82) is 0 Å². The minimum absolute atomic E-state index is 0.893. The molecule has 0 unspecified atom stereocenters. The van der Waals surface area contributed by atoms with E-state index < -0.39 is 0 Å². The Bertz CT molecular complexity index is 3330. The third-order valence-electron chi connectivity index (χ3n) is 12.0. The van der Waals surface area contributed by atoms with Gasteiger partial charge in [-0.1, -0.05) is 206 Å². The molecule has 1 heterocycles. The molecule has 0 fully saturated rings. The molecule has 1 aromatic heterocycles. The Morgan fingerprint density at radius 2 is 0.613 bits per heavy atom. The lowest BCUT2D eigenvalue weighted by Gasteiger charge is -2.29. The van der Waals surface area contributed by atoms with Crippen molar-refractivity contribution >= 4 is 39.0 Å². The van der Waals surface area contributed by atoms with E-state index in [2.05, 4.69) is 241 Å². The molecule has 292 valence electrons. The highest BCUT2D eigenvalue weighted by atomic mass is 16.3. The molecule has 0 aliphatic rings. The molecule has 0 N–H and O–H groups in total. The Morgan fingerprint density at radius 1 is 0.242 bits per heavy atom. The molecule has 11 aromatic rings. The molecule has 10 aromatic carbocycles. The molecule has 0 saturated carbocycles. The number of para-hydroxylation sites is 2. The van der Waals surface area contributed by atoms with E-state index in [1.165, 1.54) is 50.1 Å². The van der Waals surface area contributed by atoms with Crippen LogP contribution in [0.1, 0.15) is 0 Å². The summed E-state index contributed by atoms with van der Waals surface area (Å²) in [6.45, 7) is 0. The molecule has 2 heteroatoms. The van der Waals surface area contributed by atoms with Gasteiger partial charge in [-0.3, -0.25) is 0 Å². The fourth-order valence-corrected chi connectivity index (χ4v) is 9.06. The molecule has 2 nitrogen and oxygen atoms in total. The predicted octanol–water partition coefficient (Wildman–Crippen LogP) is 17.1. The van der Waals surface area contributed by atoms with E-state index in [0.717, 1.165) is 55.7 Å². The van der Waals surface area contributed by atoms with Gasteiger partial charge in [-0.15, -0.1) is 0 Å². The van der Waals surface area contributed by atoms with Crippen molar-refractivity contribution in [2.24, 2.45) is 0 Å². The van der Waals surface area contributed by atoms with E-state index in [9.17, 15) is 0 Å². The van der Waals surface area contributed by atoms with Crippen molar-refractivity contribution in [2.75, 3.05) is 4.90 Å². The molecule has 0 aliphatic heterocycles. The quantitative estimate of drug-likeness (QED) is 0.145. The minimum atomic E-state index is 0.893. The Hall–Kier alpha value is -8.20. The number of benzene rings is 10. The van der Waals surface area contributed by atoms with E-state index >= 15 is 0 Å². The molecular weight excluding hydrogens is 751 g/mol. The fourth-order valence-electron chi connectivity index (χ4n) is 9.06. The number of fused-ring (bicyclic) bond motifs is 3.